The molecule has 1 N–H and O–H groups in total. The van der Waals surface area contributed by atoms with E-state index in [0.29, 0.717) is 24.3 Å². The van der Waals surface area contributed by atoms with Gasteiger partial charge in [0.1, 0.15) is 11.3 Å². The van der Waals surface area contributed by atoms with Crippen molar-refractivity contribution in [2.75, 3.05) is 13.7 Å². The molecule has 1 fully saturated rings. The van der Waals surface area contributed by atoms with Crippen molar-refractivity contribution < 1.29 is 19.1 Å². The number of amides is 1. The van der Waals surface area contributed by atoms with Gasteiger partial charge in [0.05, 0.1) is 7.11 Å². The van der Waals surface area contributed by atoms with Crippen LogP contribution in [-0.2, 0) is 9.53 Å². The molecule has 1 atom stereocenters. The third-order valence-electron chi connectivity index (χ3n) is 2.56. The summed E-state index contributed by atoms with van der Waals surface area (Å²) in [5.41, 5.74) is 0.328. The number of carbonyl (C=O) groups excluding carboxylic acids is 2. The Hall–Kier alpha value is -2.04. The largest absolute Gasteiger partial charge is 0.480 e. The molecule has 1 aromatic carbocycles. The van der Waals surface area contributed by atoms with E-state index in [4.69, 9.17) is 4.74 Å². The van der Waals surface area contributed by atoms with E-state index in [1.165, 1.54) is 7.11 Å². The predicted octanol–water partition coefficient (Wildman–Crippen LogP) is 0.740. The van der Waals surface area contributed by atoms with Gasteiger partial charge in [-0.3, -0.25) is 4.79 Å². The number of carbonyl (C=O) groups is 2. The van der Waals surface area contributed by atoms with E-state index in [1.807, 2.05) is 0 Å². The van der Waals surface area contributed by atoms with Crippen LogP contribution in [0.25, 0.3) is 0 Å². The molecule has 0 saturated carbocycles. The molecule has 0 spiro atoms. The zero-order valence-corrected chi connectivity index (χ0v) is 9.43. The number of esters is 1. The van der Waals surface area contributed by atoms with Crippen molar-refractivity contribution in [3.63, 3.8) is 0 Å². The third-order valence-corrected chi connectivity index (χ3v) is 2.56. The van der Waals surface area contributed by atoms with Gasteiger partial charge in [-0.15, -0.1) is 0 Å². The van der Waals surface area contributed by atoms with Gasteiger partial charge in [0.25, 0.3) is 5.91 Å². The molecule has 5 heteroatoms. The van der Waals surface area contributed by atoms with Gasteiger partial charge in [-0.1, -0.05) is 12.1 Å². The van der Waals surface area contributed by atoms with Gasteiger partial charge < -0.3 is 14.8 Å². The molecule has 0 aliphatic carbocycles. The van der Waals surface area contributed by atoms with Gasteiger partial charge >= 0.3 is 5.97 Å². The van der Waals surface area contributed by atoms with Crippen LogP contribution in [0, 0.1) is 0 Å². The van der Waals surface area contributed by atoms with Crippen LogP contribution in [0.2, 0.25) is 0 Å². The summed E-state index contributed by atoms with van der Waals surface area (Å²) >= 11 is 0. The van der Waals surface area contributed by atoms with Crippen molar-refractivity contribution in [2.45, 2.75) is 12.5 Å². The topological polar surface area (TPSA) is 64.6 Å². The summed E-state index contributed by atoms with van der Waals surface area (Å²) in [5.74, 6) is -0.245. The molecule has 1 amide bonds. The molecular formula is C12H13NO4. The molecule has 1 unspecified atom stereocenters. The summed E-state index contributed by atoms with van der Waals surface area (Å²) in [6.45, 7) is 0.601. The highest BCUT2D eigenvalue weighted by Gasteiger charge is 2.27. The average Bonchev–Trinajstić information content (AvgIpc) is 2.75. The van der Waals surface area contributed by atoms with Gasteiger partial charge in [0.15, 0.2) is 6.10 Å². The number of ether oxygens (including phenoxy) is 2. The molecule has 1 saturated heterocycles. The smallest absolute Gasteiger partial charge is 0.341 e. The van der Waals surface area contributed by atoms with Crippen molar-refractivity contribution in [1.29, 1.82) is 0 Å². The SMILES string of the molecule is COC(=O)c1ccccc1OC1CCNC1=O. The van der Waals surface area contributed by atoms with E-state index in [-0.39, 0.29) is 5.91 Å². The lowest BCUT2D eigenvalue weighted by atomic mass is 10.2. The van der Waals surface area contributed by atoms with Crippen molar-refractivity contribution >= 4 is 11.9 Å². The van der Waals surface area contributed by atoms with Crippen LogP contribution in [0.4, 0.5) is 0 Å². The van der Waals surface area contributed by atoms with Gasteiger partial charge in [-0.25, -0.2) is 4.79 Å². The maximum absolute atomic E-state index is 11.5. The Labute approximate surface area is 98.7 Å². The van der Waals surface area contributed by atoms with E-state index in [1.54, 1.807) is 24.3 Å². The molecule has 0 radical (unpaired) electrons. The minimum absolute atomic E-state index is 0.148. The molecule has 5 nitrogen and oxygen atoms in total. The Balaban J connectivity index is 2.20. The predicted molar refractivity (Wildman–Crippen MR) is 59.8 cm³/mol. The first-order valence-electron chi connectivity index (χ1n) is 5.34. The first-order chi connectivity index (χ1) is 8.22. The molecule has 17 heavy (non-hydrogen) atoms. The van der Waals surface area contributed by atoms with Crippen molar-refractivity contribution in [1.82, 2.24) is 5.32 Å². The van der Waals surface area contributed by atoms with E-state index in [2.05, 4.69) is 10.1 Å². The lowest BCUT2D eigenvalue weighted by Crippen LogP contribution is -2.28. The molecule has 1 aromatic rings. The van der Waals surface area contributed by atoms with Crippen molar-refractivity contribution in [3.8, 4) is 5.75 Å². The number of methoxy groups -OCH3 is 1. The van der Waals surface area contributed by atoms with E-state index in [0.717, 1.165) is 0 Å². The highest BCUT2D eigenvalue weighted by Crippen LogP contribution is 2.21. The standard InChI is InChI=1S/C12H13NO4/c1-16-12(15)8-4-2-3-5-9(8)17-10-6-7-13-11(10)14/h2-5,10H,6-7H2,1H3,(H,13,14). The summed E-state index contributed by atoms with van der Waals surface area (Å²) < 4.78 is 10.2. The third kappa shape index (κ3) is 2.38. The minimum Gasteiger partial charge on any atom is -0.480 e. The second kappa shape index (κ2) is 4.86. The van der Waals surface area contributed by atoms with Crippen LogP contribution in [-0.4, -0.2) is 31.6 Å². The number of para-hydroxylation sites is 1. The van der Waals surface area contributed by atoms with E-state index >= 15 is 0 Å². The fourth-order valence-corrected chi connectivity index (χ4v) is 1.69. The number of nitrogens with one attached hydrogen (secondary N) is 1. The maximum Gasteiger partial charge on any atom is 0.341 e. The Morgan fingerprint density at radius 3 is 2.82 bits per heavy atom. The average molecular weight is 235 g/mol. The Kier molecular flexibility index (Phi) is 3.27. The number of hydrogen-bond acceptors (Lipinski definition) is 4. The summed E-state index contributed by atoms with van der Waals surface area (Å²) in [6.07, 6.45) is 0.0785. The van der Waals surface area contributed by atoms with Crippen LogP contribution in [0.1, 0.15) is 16.8 Å². The highest BCUT2D eigenvalue weighted by atomic mass is 16.5. The van der Waals surface area contributed by atoms with Crippen molar-refractivity contribution in [2.24, 2.45) is 0 Å². The number of benzene rings is 1. The minimum atomic E-state index is -0.527. The number of hydrogen-bond donors (Lipinski definition) is 1. The van der Waals surface area contributed by atoms with Crippen LogP contribution >= 0.6 is 0 Å². The summed E-state index contributed by atoms with van der Waals surface area (Å²) in [6, 6.07) is 6.72. The monoisotopic (exact) mass is 235 g/mol. The van der Waals surface area contributed by atoms with Gasteiger partial charge in [0.2, 0.25) is 0 Å². The second-order valence-corrected chi connectivity index (χ2v) is 3.67. The van der Waals surface area contributed by atoms with E-state index in [9.17, 15) is 9.59 Å². The molecule has 1 aliphatic rings. The first-order valence-corrected chi connectivity index (χ1v) is 5.34. The molecule has 0 bridgehead atoms. The van der Waals surface area contributed by atoms with Crippen LogP contribution in [0.3, 0.4) is 0 Å². The molecule has 0 aromatic heterocycles. The Bertz CT molecular complexity index is 444. The lowest BCUT2D eigenvalue weighted by Gasteiger charge is -2.13. The second-order valence-electron chi connectivity index (χ2n) is 3.67. The maximum atomic E-state index is 11.5. The van der Waals surface area contributed by atoms with Crippen LogP contribution < -0.4 is 10.1 Å². The van der Waals surface area contributed by atoms with Crippen LogP contribution in [0.15, 0.2) is 24.3 Å². The quantitative estimate of drug-likeness (QED) is 0.785. The van der Waals surface area contributed by atoms with Crippen molar-refractivity contribution in [3.05, 3.63) is 29.8 Å². The van der Waals surface area contributed by atoms with Gasteiger partial charge in [-0.05, 0) is 12.1 Å². The molecule has 2 rings (SSSR count). The molecule has 90 valence electrons. The molecule has 1 heterocycles. The summed E-state index contributed by atoms with van der Waals surface area (Å²) in [4.78, 5) is 22.9. The zero-order valence-electron chi connectivity index (χ0n) is 9.43. The number of rotatable bonds is 3. The molecule has 1 aliphatic heterocycles. The Morgan fingerprint density at radius 1 is 1.41 bits per heavy atom. The van der Waals surface area contributed by atoms with Gasteiger partial charge in [-0.2, -0.15) is 0 Å². The fraction of sp³-hybridized carbons (Fsp3) is 0.333. The normalized spacial score (nSPS) is 18.6. The van der Waals surface area contributed by atoms with Crippen LogP contribution in [0.5, 0.6) is 5.75 Å². The highest BCUT2D eigenvalue weighted by molar-refractivity contribution is 5.92. The zero-order chi connectivity index (χ0) is 12.3. The summed E-state index contributed by atoms with van der Waals surface area (Å²) in [7, 11) is 1.31. The Morgan fingerprint density at radius 2 is 2.18 bits per heavy atom. The van der Waals surface area contributed by atoms with Gasteiger partial charge in [0, 0.05) is 13.0 Å². The first kappa shape index (κ1) is 11.4. The molecular weight excluding hydrogens is 222 g/mol. The van der Waals surface area contributed by atoms with E-state index < -0.39 is 12.1 Å². The fourth-order valence-electron chi connectivity index (χ4n) is 1.69. The lowest BCUT2D eigenvalue weighted by molar-refractivity contribution is -0.124. The summed E-state index contributed by atoms with van der Waals surface area (Å²) in [5, 5.41) is 2.67.